The van der Waals surface area contributed by atoms with Crippen LogP contribution in [-0.4, -0.2) is 39.0 Å². The number of carbonyl (C=O) groups excluding carboxylic acids is 1. The number of aromatic amines is 1. The van der Waals surface area contributed by atoms with Gasteiger partial charge in [0.25, 0.3) is 0 Å². The van der Waals surface area contributed by atoms with E-state index in [1.54, 1.807) is 13.0 Å². The van der Waals surface area contributed by atoms with Crippen molar-refractivity contribution >= 4 is 11.7 Å². The lowest BCUT2D eigenvalue weighted by atomic mass is 10.0. The molecule has 7 nitrogen and oxygen atoms in total. The Balaban J connectivity index is 1.39. The van der Waals surface area contributed by atoms with Crippen LogP contribution in [0.1, 0.15) is 43.3 Å². The molecule has 0 aliphatic carbocycles. The molecule has 2 N–H and O–H groups in total. The van der Waals surface area contributed by atoms with Crippen LogP contribution in [0.5, 0.6) is 0 Å². The molecule has 4 rings (SSSR count). The number of imidazole rings is 1. The highest BCUT2D eigenvalue weighted by atomic mass is 16.5. The summed E-state index contributed by atoms with van der Waals surface area (Å²) in [5.74, 6) is 2.07. The van der Waals surface area contributed by atoms with Gasteiger partial charge in [0.1, 0.15) is 11.6 Å². The molecular weight excluding hydrogens is 354 g/mol. The minimum atomic E-state index is -0.0537. The normalized spacial score (nSPS) is 17.5. The molecule has 3 heterocycles. The number of nitrogens with zero attached hydrogens (tertiary/aromatic N) is 3. The number of piperidine rings is 1. The molecule has 1 fully saturated rings. The molecule has 2 aromatic heterocycles. The molecule has 1 aliphatic heterocycles. The summed E-state index contributed by atoms with van der Waals surface area (Å²) < 4.78 is 4.99. The van der Waals surface area contributed by atoms with Gasteiger partial charge < -0.3 is 14.8 Å². The van der Waals surface area contributed by atoms with Crippen molar-refractivity contribution in [2.24, 2.45) is 0 Å². The van der Waals surface area contributed by atoms with E-state index in [-0.39, 0.29) is 11.9 Å². The average molecular weight is 379 g/mol. The van der Waals surface area contributed by atoms with Crippen molar-refractivity contribution < 1.29 is 9.32 Å². The fourth-order valence-electron chi connectivity index (χ4n) is 3.71. The van der Waals surface area contributed by atoms with E-state index in [1.165, 1.54) is 6.42 Å². The van der Waals surface area contributed by atoms with Gasteiger partial charge >= 0.3 is 0 Å². The summed E-state index contributed by atoms with van der Waals surface area (Å²) in [6.45, 7) is 3.46. The predicted molar refractivity (Wildman–Crippen MR) is 107 cm³/mol. The van der Waals surface area contributed by atoms with Gasteiger partial charge in [0.2, 0.25) is 5.91 Å². The molecule has 1 saturated heterocycles. The Morgan fingerprint density at radius 3 is 2.96 bits per heavy atom. The van der Waals surface area contributed by atoms with Crippen LogP contribution in [0, 0.1) is 6.92 Å². The number of carbonyl (C=O) groups is 1. The van der Waals surface area contributed by atoms with Gasteiger partial charge in [-0.15, -0.1) is 0 Å². The highest BCUT2D eigenvalue weighted by Gasteiger charge is 2.26. The number of likely N-dealkylation sites (tertiary alicyclic amines) is 1. The average Bonchev–Trinajstić information content (AvgIpc) is 3.37. The largest absolute Gasteiger partial charge is 0.360 e. The minimum Gasteiger partial charge on any atom is -0.360 e. The zero-order valence-electron chi connectivity index (χ0n) is 16.0. The molecule has 0 spiro atoms. The van der Waals surface area contributed by atoms with Gasteiger partial charge in [-0.1, -0.05) is 41.9 Å². The van der Waals surface area contributed by atoms with Crippen LogP contribution in [0.3, 0.4) is 0 Å². The molecule has 28 heavy (non-hydrogen) atoms. The van der Waals surface area contributed by atoms with Crippen molar-refractivity contribution in [1.29, 1.82) is 0 Å². The maximum Gasteiger partial charge on any atom is 0.226 e. The quantitative estimate of drug-likeness (QED) is 0.678. The molecule has 1 aromatic carbocycles. The minimum absolute atomic E-state index is 0.0537. The first-order valence-electron chi connectivity index (χ1n) is 9.76. The maximum absolute atomic E-state index is 12.3. The van der Waals surface area contributed by atoms with E-state index in [2.05, 4.69) is 37.5 Å². The molecule has 146 valence electrons. The first-order chi connectivity index (χ1) is 13.7. The third kappa shape index (κ3) is 4.31. The smallest absolute Gasteiger partial charge is 0.226 e. The number of hydrogen-bond donors (Lipinski definition) is 2. The van der Waals surface area contributed by atoms with Crippen LogP contribution in [0.15, 0.2) is 47.1 Å². The Morgan fingerprint density at radius 2 is 2.18 bits per heavy atom. The Hall–Kier alpha value is -2.93. The number of hydrogen-bond acceptors (Lipinski definition) is 5. The Morgan fingerprint density at radius 1 is 1.32 bits per heavy atom. The Bertz CT molecular complexity index is 918. The molecule has 0 saturated carbocycles. The number of amides is 1. The number of aryl methyl sites for hydroxylation is 1. The van der Waals surface area contributed by atoms with Crippen LogP contribution in [0.2, 0.25) is 0 Å². The van der Waals surface area contributed by atoms with Crippen LogP contribution >= 0.6 is 0 Å². The highest BCUT2D eigenvalue weighted by Crippen LogP contribution is 2.30. The monoisotopic (exact) mass is 379 g/mol. The van der Waals surface area contributed by atoms with Crippen molar-refractivity contribution in [3.63, 3.8) is 0 Å². The van der Waals surface area contributed by atoms with Gasteiger partial charge in [-0.2, -0.15) is 0 Å². The number of benzene rings is 1. The van der Waals surface area contributed by atoms with Crippen molar-refractivity contribution in [2.75, 3.05) is 18.4 Å². The zero-order chi connectivity index (χ0) is 19.3. The molecule has 1 atom stereocenters. The van der Waals surface area contributed by atoms with E-state index in [0.29, 0.717) is 24.5 Å². The number of H-pyrrole nitrogens is 1. The summed E-state index contributed by atoms with van der Waals surface area (Å²) in [7, 11) is 0. The van der Waals surface area contributed by atoms with Crippen LogP contribution in [0.4, 0.5) is 5.82 Å². The van der Waals surface area contributed by atoms with E-state index < -0.39 is 0 Å². The summed E-state index contributed by atoms with van der Waals surface area (Å²) >= 11 is 0. The standard InChI is InChI=1S/C21H25N5O2/c1-15-13-19(25-28-15)24-20(27)10-12-26-11-6-5-9-18(26)21-22-14-17(23-21)16-7-3-2-4-8-16/h2-4,7-8,13-14,18H,5-6,9-12H2,1H3,(H,22,23)(H,24,25,27)/t18-/m0/s1. The summed E-state index contributed by atoms with van der Waals surface area (Å²) in [5, 5.41) is 6.60. The maximum atomic E-state index is 12.3. The molecule has 1 aliphatic rings. The van der Waals surface area contributed by atoms with E-state index >= 15 is 0 Å². The fraction of sp³-hybridized carbons (Fsp3) is 0.381. The topological polar surface area (TPSA) is 87.0 Å². The molecule has 0 radical (unpaired) electrons. The number of anilines is 1. The van der Waals surface area contributed by atoms with Crippen LogP contribution < -0.4 is 5.32 Å². The van der Waals surface area contributed by atoms with Crippen molar-refractivity contribution in [3.8, 4) is 11.3 Å². The molecule has 1 amide bonds. The first kappa shape index (κ1) is 18.4. The van der Waals surface area contributed by atoms with Crippen molar-refractivity contribution in [1.82, 2.24) is 20.0 Å². The van der Waals surface area contributed by atoms with E-state index in [4.69, 9.17) is 4.52 Å². The van der Waals surface area contributed by atoms with Gasteiger partial charge in [-0.25, -0.2) is 4.98 Å². The number of rotatable bonds is 6. The highest BCUT2D eigenvalue weighted by molar-refractivity contribution is 5.89. The van der Waals surface area contributed by atoms with Gasteiger partial charge in [0.05, 0.1) is 17.9 Å². The summed E-state index contributed by atoms with van der Waals surface area (Å²) in [6, 6.07) is 12.1. The molecule has 7 heteroatoms. The van der Waals surface area contributed by atoms with Gasteiger partial charge in [-0.05, 0) is 31.9 Å². The second-order valence-electron chi connectivity index (χ2n) is 7.22. The van der Waals surface area contributed by atoms with E-state index in [0.717, 1.165) is 36.5 Å². The lowest BCUT2D eigenvalue weighted by Crippen LogP contribution is -2.36. The predicted octanol–water partition coefficient (Wildman–Crippen LogP) is 3.93. The Labute approximate surface area is 164 Å². The molecular formula is C21H25N5O2. The second-order valence-corrected chi connectivity index (χ2v) is 7.22. The Kier molecular flexibility index (Phi) is 5.53. The molecule has 3 aromatic rings. The zero-order valence-corrected chi connectivity index (χ0v) is 16.0. The van der Waals surface area contributed by atoms with Crippen LogP contribution in [0.25, 0.3) is 11.3 Å². The summed E-state index contributed by atoms with van der Waals surface area (Å²) in [4.78, 5) is 22.7. The van der Waals surface area contributed by atoms with Gasteiger partial charge in [0.15, 0.2) is 5.82 Å². The third-order valence-corrected chi connectivity index (χ3v) is 5.13. The lowest BCUT2D eigenvalue weighted by Gasteiger charge is -2.34. The summed E-state index contributed by atoms with van der Waals surface area (Å²) in [5.41, 5.74) is 2.16. The fourth-order valence-corrected chi connectivity index (χ4v) is 3.71. The lowest BCUT2D eigenvalue weighted by molar-refractivity contribution is -0.116. The van der Waals surface area contributed by atoms with E-state index in [9.17, 15) is 4.79 Å². The number of aromatic nitrogens is 3. The van der Waals surface area contributed by atoms with E-state index in [1.807, 2.05) is 24.4 Å². The van der Waals surface area contributed by atoms with Gasteiger partial charge in [-0.3, -0.25) is 9.69 Å². The molecule has 0 unspecified atom stereocenters. The molecule has 0 bridgehead atoms. The SMILES string of the molecule is Cc1cc(NC(=O)CCN2CCCC[C@H]2c2ncc(-c3ccccc3)[nH]2)no1. The second kappa shape index (κ2) is 8.39. The van der Waals surface area contributed by atoms with Gasteiger partial charge in [0, 0.05) is 19.0 Å². The summed E-state index contributed by atoms with van der Waals surface area (Å²) in [6.07, 6.45) is 5.68. The first-order valence-corrected chi connectivity index (χ1v) is 9.76. The van der Waals surface area contributed by atoms with Crippen LogP contribution in [-0.2, 0) is 4.79 Å². The number of nitrogens with one attached hydrogen (secondary N) is 2. The van der Waals surface area contributed by atoms with Crippen molar-refractivity contribution in [3.05, 3.63) is 54.2 Å². The van der Waals surface area contributed by atoms with Crippen molar-refractivity contribution in [2.45, 2.75) is 38.6 Å². The third-order valence-electron chi connectivity index (χ3n) is 5.13.